The van der Waals surface area contributed by atoms with E-state index in [1.165, 1.54) is 0 Å². The number of carbonyl (C=O) groups excluding carboxylic acids is 2. The largest absolute Gasteiger partial charge is 0.496 e. The van der Waals surface area contributed by atoms with E-state index in [0.29, 0.717) is 25.2 Å². The van der Waals surface area contributed by atoms with Crippen LogP contribution in [-0.4, -0.2) is 43.8 Å². The van der Waals surface area contributed by atoms with Gasteiger partial charge in [-0.1, -0.05) is 0 Å². The molecule has 1 N–H and O–H groups in total. The second kappa shape index (κ2) is 5.64. The smallest absolute Gasteiger partial charge is 0.234 e. The van der Waals surface area contributed by atoms with E-state index in [1.807, 2.05) is 4.90 Å². The van der Waals surface area contributed by atoms with Crippen LogP contribution >= 0.6 is 0 Å². The number of hydrogen-bond acceptors (Lipinski definition) is 4. The first-order valence-electron chi connectivity index (χ1n) is 5.84. The molecule has 0 bridgehead atoms. The molecule has 1 aliphatic heterocycles. The van der Waals surface area contributed by atoms with Crippen LogP contribution in [0.4, 0.5) is 0 Å². The Balaban J connectivity index is 2.15. The molecule has 0 atom stereocenters. The third-order valence-electron chi connectivity index (χ3n) is 2.95. The lowest BCUT2D eigenvalue weighted by Gasteiger charge is -2.27. The zero-order chi connectivity index (χ0) is 13.0. The number of piperazine rings is 1. The fourth-order valence-corrected chi connectivity index (χ4v) is 2.06. The summed E-state index contributed by atoms with van der Waals surface area (Å²) in [5.74, 6) is 0.776. The van der Waals surface area contributed by atoms with Gasteiger partial charge in [0, 0.05) is 30.8 Å². The zero-order valence-electron chi connectivity index (χ0n) is 10.3. The van der Waals surface area contributed by atoms with Crippen LogP contribution in [0.3, 0.4) is 0 Å². The van der Waals surface area contributed by atoms with E-state index in [-0.39, 0.29) is 5.91 Å². The monoisotopic (exact) mass is 248 g/mol. The summed E-state index contributed by atoms with van der Waals surface area (Å²) < 4.78 is 5.27. The Bertz CT molecular complexity index is 460. The highest BCUT2D eigenvalue weighted by molar-refractivity contribution is 5.78. The lowest BCUT2D eigenvalue weighted by atomic mass is 10.1. The highest BCUT2D eigenvalue weighted by Crippen LogP contribution is 2.21. The number of benzene rings is 1. The molecule has 2 rings (SSSR count). The quantitative estimate of drug-likeness (QED) is 0.785. The number of carbonyl (C=O) groups is 2. The summed E-state index contributed by atoms with van der Waals surface area (Å²) in [6, 6.07) is 5.31. The summed E-state index contributed by atoms with van der Waals surface area (Å²) in [5, 5.41) is 2.78. The molecule has 1 aliphatic rings. The van der Waals surface area contributed by atoms with Crippen LogP contribution in [-0.2, 0) is 11.3 Å². The molecule has 1 heterocycles. The summed E-state index contributed by atoms with van der Waals surface area (Å²) >= 11 is 0. The van der Waals surface area contributed by atoms with Crippen LogP contribution in [0.2, 0.25) is 0 Å². The summed E-state index contributed by atoms with van der Waals surface area (Å²) in [6.07, 6.45) is 0.811. The standard InChI is InChI=1S/C13H16N2O3/c1-18-12-3-2-10(9-16)6-11(12)7-15-5-4-14-13(17)8-15/h2-3,6,9H,4-5,7-8H2,1H3,(H,14,17). The van der Waals surface area contributed by atoms with Crippen LogP contribution in [0.1, 0.15) is 15.9 Å². The number of ether oxygens (including phenoxy) is 1. The highest BCUT2D eigenvalue weighted by Gasteiger charge is 2.17. The van der Waals surface area contributed by atoms with Crippen LogP contribution in [0, 0.1) is 0 Å². The third-order valence-corrected chi connectivity index (χ3v) is 2.95. The molecule has 18 heavy (non-hydrogen) atoms. The van der Waals surface area contributed by atoms with Gasteiger partial charge in [-0.2, -0.15) is 0 Å². The molecule has 0 unspecified atom stereocenters. The molecular formula is C13H16N2O3. The number of amides is 1. The van der Waals surface area contributed by atoms with Gasteiger partial charge >= 0.3 is 0 Å². The van der Waals surface area contributed by atoms with Crippen molar-refractivity contribution in [3.63, 3.8) is 0 Å². The Hall–Kier alpha value is -1.88. The molecule has 0 spiro atoms. The average molecular weight is 248 g/mol. The molecule has 5 heteroatoms. The maximum atomic E-state index is 11.3. The molecular weight excluding hydrogens is 232 g/mol. The zero-order valence-corrected chi connectivity index (χ0v) is 10.3. The minimum absolute atomic E-state index is 0.0340. The van der Waals surface area contributed by atoms with Gasteiger partial charge in [0.25, 0.3) is 0 Å². The number of methoxy groups -OCH3 is 1. The van der Waals surface area contributed by atoms with E-state index in [2.05, 4.69) is 5.32 Å². The molecule has 0 radical (unpaired) electrons. The molecule has 5 nitrogen and oxygen atoms in total. The highest BCUT2D eigenvalue weighted by atomic mass is 16.5. The van der Waals surface area contributed by atoms with Crippen molar-refractivity contribution in [1.29, 1.82) is 0 Å². The van der Waals surface area contributed by atoms with Gasteiger partial charge in [-0.05, 0) is 18.2 Å². The Labute approximate surface area is 106 Å². The summed E-state index contributed by atoms with van der Waals surface area (Å²) in [4.78, 5) is 24.1. The van der Waals surface area contributed by atoms with Crippen LogP contribution in [0.15, 0.2) is 18.2 Å². The topological polar surface area (TPSA) is 58.6 Å². The molecule has 0 aliphatic carbocycles. The van der Waals surface area contributed by atoms with Gasteiger partial charge in [0.1, 0.15) is 12.0 Å². The minimum Gasteiger partial charge on any atom is -0.496 e. The molecule has 96 valence electrons. The van der Waals surface area contributed by atoms with Crippen LogP contribution < -0.4 is 10.1 Å². The van der Waals surface area contributed by atoms with Crippen molar-refractivity contribution in [2.75, 3.05) is 26.7 Å². The summed E-state index contributed by atoms with van der Waals surface area (Å²) in [7, 11) is 1.60. The van der Waals surface area contributed by atoms with Crippen molar-refractivity contribution in [2.24, 2.45) is 0 Å². The number of aldehydes is 1. The lowest BCUT2D eigenvalue weighted by Crippen LogP contribution is -2.47. The van der Waals surface area contributed by atoms with Crippen molar-refractivity contribution in [3.8, 4) is 5.75 Å². The van der Waals surface area contributed by atoms with Crippen molar-refractivity contribution >= 4 is 12.2 Å². The minimum atomic E-state index is 0.0340. The third kappa shape index (κ3) is 2.87. The van der Waals surface area contributed by atoms with Gasteiger partial charge in [0.05, 0.1) is 13.7 Å². The molecule has 1 fully saturated rings. The first-order chi connectivity index (χ1) is 8.72. The average Bonchev–Trinajstić information content (AvgIpc) is 2.38. The Morgan fingerprint density at radius 2 is 2.33 bits per heavy atom. The normalized spacial score (nSPS) is 16.2. The van der Waals surface area contributed by atoms with Crippen LogP contribution in [0.5, 0.6) is 5.75 Å². The van der Waals surface area contributed by atoms with Gasteiger partial charge in [-0.15, -0.1) is 0 Å². The number of hydrogen-bond donors (Lipinski definition) is 1. The van der Waals surface area contributed by atoms with Gasteiger partial charge in [0.15, 0.2) is 0 Å². The predicted octanol–water partition coefficient (Wildman–Crippen LogP) is 0.439. The maximum absolute atomic E-state index is 11.3. The lowest BCUT2D eigenvalue weighted by molar-refractivity contribution is -0.124. The van der Waals surface area contributed by atoms with E-state index in [4.69, 9.17) is 4.74 Å². The fourth-order valence-electron chi connectivity index (χ4n) is 2.06. The molecule has 0 aromatic heterocycles. The molecule has 1 amide bonds. The van der Waals surface area contributed by atoms with Gasteiger partial charge in [0.2, 0.25) is 5.91 Å². The van der Waals surface area contributed by atoms with E-state index in [1.54, 1.807) is 25.3 Å². The number of nitrogens with zero attached hydrogens (tertiary/aromatic N) is 1. The van der Waals surface area contributed by atoms with Crippen molar-refractivity contribution in [2.45, 2.75) is 6.54 Å². The first-order valence-corrected chi connectivity index (χ1v) is 5.84. The Morgan fingerprint density at radius 3 is 3.00 bits per heavy atom. The second-order valence-corrected chi connectivity index (χ2v) is 4.25. The fraction of sp³-hybridized carbons (Fsp3) is 0.385. The van der Waals surface area contributed by atoms with E-state index in [0.717, 1.165) is 24.1 Å². The molecule has 1 aromatic rings. The second-order valence-electron chi connectivity index (χ2n) is 4.25. The maximum Gasteiger partial charge on any atom is 0.234 e. The van der Waals surface area contributed by atoms with Gasteiger partial charge in [-0.25, -0.2) is 0 Å². The number of nitrogens with one attached hydrogen (secondary N) is 1. The van der Waals surface area contributed by atoms with Crippen molar-refractivity contribution < 1.29 is 14.3 Å². The Kier molecular flexibility index (Phi) is 3.94. The SMILES string of the molecule is COc1ccc(C=O)cc1CN1CCNC(=O)C1. The first kappa shape index (κ1) is 12.6. The van der Waals surface area contributed by atoms with Crippen LogP contribution in [0.25, 0.3) is 0 Å². The number of rotatable bonds is 4. The molecule has 0 saturated carbocycles. The van der Waals surface area contributed by atoms with Crippen molar-refractivity contribution in [3.05, 3.63) is 29.3 Å². The predicted molar refractivity (Wildman–Crippen MR) is 66.7 cm³/mol. The van der Waals surface area contributed by atoms with Gasteiger partial charge in [-0.3, -0.25) is 14.5 Å². The molecule has 1 saturated heterocycles. The summed E-state index contributed by atoms with van der Waals surface area (Å²) in [6.45, 7) is 2.46. The van der Waals surface area contributed by atoms with Crippen molar-refractivity contribution in [1.82, 2.24) is 10.2 Å². The van der Waals surface area contributed by atoms with E-state index >= 15 is 0 Å². The Morgan fingerprint density at radius 1 is 1.50 bits per heavy atom. The van der Waals surface area contributed by atoms with Gasteiger partial charge < -0.3 is 10.1 Å². The summed E-state index contributed by atoms with van der Waals surface area (Å²) in [5.41, 5.74) is 1.55. The van der Waals surface area contributed by atoms with E-state index < -0.39 is 0 Å². The van der Waals surface area contributed by atoms with E-state index in [9.17, 15) is 9.59 Å². The molecule has 1 aromatic carbocycles.